The van der Waals surface area contributed by atoms with Crippen molar-refractivity contribution >= 4 is 32.6 Å². The molecule has 0 aliphatic rings. The van der Waals surface area contributed by atoms with Gasteiger partial charge in [0, 0.05) is 59.4 Å². The van der Waals surface area contributed by atoms with Gasteiger partial charge in [0.15, 0.2) is 0 Å². The molecular formula is C23H21N7O2S. The number of imidazole rings is 1. The zero-order valence-corrected chi connectivity index (χ0v) is 18.3. The van der Waals surface area contributed by atoms with Crippen molar-refractivity contribution in [3.63, 3.8) is 0 Å². The highest BCUT2D eigenvalue weighted by atomic mass is 32.2. The second kappa shape index (κ2) is 8.49. The summed E-state index contributed by atoms with van der Waals surface area (Å²) in [5, 5.41) is 9.35. The molecule has 4 N–H and O–H groups in total. The molecule has 166 valence electrons. The van der Waals surface area contributed by atoms with Crippen molar-refractivity contribution in [3.8, 4) is 11.3 Å². The van der Waals surface area contributed by atoms with Crippen molar-refractivity contribution in [2.75, 3.05) is 5.32 Å². The van der Waals surface area contributed by atoms with E-state index in [-0.39, 0.29) is 4.90 Å². The second-order valence-corrected chi connectivity index (χ2v) is 9.14. The summed E-state index contributed by atoms with van der Waals surface area (Å²) < 4.78 is 25.3. The highest BCUT2D eigenvalue weighted by molar-refractivity contribution is 7.89. The predicted octanol–water partition coefficient (Wildman–Crippen LogP) is 3.46. The predicted molar refractivity (Wildman–Crippen MR) is 126 cm³/mol. The number of hydrogen-bond donors (Lipinski definition) is 3. The molecule has 0 saturated heterocycles. The molecule has 0 spiro atoms. The first kappa shape index (κ1) is 20.9. The lowest BCUT2D eigenvalue weighted by molar-refractivity contribution is 0.598. The quantitative estimate of drug-likeness (QED) is 0.342. The smallest absolute Gasteiger partial charge is 0.238 e. The molecule has 9 nitrogen and oxygen atoms in total. The van der Waals surface area contributed by atoms with Crippen LogP contribution in [0.1, 0.15) is 5.69 Å². The normalized spacial score (nSPS) is 11.7. The number of aryl methyl sites for hydroxylation is 2. The van der Waals surface area contributed by atoms with Gasteiger partial charge in [-0.05, 0) is 36.4 Å². The van der Waals surface area contributed by atoms with Crippen LogP contribution in [0.5, 0.6) is 0 Å². The molecule has 5 aromatic rings. The zero-order chi connectivity index (χ0) is 22.8. The fraction of sp³-hybridized carbons (Fsp3) is 0.0870. The van der Waals surface area contributed by atoms with E-state index < -0.39 is 10.0 Å². The number of nitrogens with two attached hydrogens (primary N) is 1. The molecular weight excluding hydrogens is 438 g/mol. The molecule has 0 amide bonds. The molecule has 0 radical (unpaired) electrons. The first-order valence-corrected chi connectivity index (χ1v) is 11.8. The Morgan fingerprint density at radius 3 is 2.76 bits per heavy atom. The monoisotopic (exact) mass is 459 g/mol. The third-order valence-corrected chi connectivity index (χ3v) is 6.18. The lowest BCUT2D eigenvalue weighted by Gasteiger charge is -2.08. The van der Waals surface area contributed by atoms with Gasteiger partial charge in [-0.1, -0.05) is 18.2 Å². The molecule has 2 aromatic carbocycles. The molecule has 10 heteroatoms. The van der Waals surface area contributed by atoms with Crippen molar-refractivity contribution in [1.29, 1.82) is 0 Å². The van der Waals surface area contributed by atoms with Gasteiger partial charge >= 0.3 is 0 Å². The van der Waals surface area contributed by atoms with E-state index in [1.165, 1.54) is 12.1 Å². The van der Waals surface area contributed by atoms with Gasteiger partial charge in [-0.25, -0.2) is 28.5 Å². The maximum absolute atomic E-state index is 11.6. The highest BCUT2D eigenvalue weighted by Gasteiger charge is 2.11. The molecule has 0 bridgehead atoms. The number of aromatic nitrogens is 5. The zero-order valence-electron chi connectivity index (χ0n) is 17.5. The van der Waals surface area contributed by atoms with E-state index in [1.807, 2.05) is 41.4 Å². The van der Waals surface area contributed by atoms with Crippen molar-refractivity contribution in [2.24, 2.45) is 5.14 Å². The fourth-order valence-electron chi connectivity index (χ4n) is 3.69. The van der Waals surface area contributed by atoms with E-state index >= 15 is 0 Å². The van der Waals surface area contributed by atoms with Crippen LogP contribution in [-0.4, -0.2) is 32.9 Å². The van der Waals surface area contributed by atoms with Crippen molar-refractivity contribution in [2.45, 2.75) is 17.9 Å². The molecule has 0 aliphatic carbocycles. The van der Waals surface area contributed by atoms with Gasteiger partial charge in [-0.2, -0.15) is 0 Å². The average Bonchev–Trinajstić information content (AvgIpc) is 3.47. The van der Waals surface area contributed by atoms with Gasteiger partial charge in [0.05, 0.1) is 16.9 Å². The number of primary sulfonamides is 1. The number of rotatable bonds is 7. The van der Waals surface area contributed by atoms with E-state index in [4.69, 9.17) is 5.14 Å². The van der Waals surface area contributed by atoms with Gasteiger partial charge < -0.3 is 14.9 Å². The Balaban J connectivity index is 1.43. The number of sulfonamides is 1. The SMILES string of the molecule is NS(=O)(=O)c1cccc(Nc2nccc(-c3cccc4[nH]c(CCn5ccnc5)cc34)n2)c1. The summed E-state index contributed by atoms with van der Waals surface area (Å²) in [5.74, 6) is 0.354. The fourth-order valence-corrected chi connectivity index (χ4v) is 4.25. The number of aromatic amines is 1. The number of fused-ring (bicyclic) bond motifs is 1. The van der Waals surface area contributed by atoms with Gasteiger partial charge in [0.1, 0.15) is 0 Å². The Kier molecular flexibility index (Phi) is 5.37. The summed E-state index contributed by atoms with van der Waals surface area (Å²) in [6.45, 7) is 0.835. The number of anilines is 2. The molecule has 0 atom stereocenters. The van der Waals surface area contributed by atoms with Gasteiger partial charge in [-0.15, -0.1) is 0 Å². The molecule has 0 saturated carbocycles. The van der Waals surface area contributed by atoms with E-state index in [1.54, 1.807) is 24.5 Å². The minimum atomic E-state index is -3.80. The number of nitrogens with one attached hydrogen (secondary N) is 2. The third kappa shape index (κ3) is 4.61. The summed E-state index contributed by atoms with van der Waals surface area (Å²) in [4.78, 5) is 16.5. The Morgan fingerprint density at radius 2 is 1.94 bits per heavy atom. The van der Waals surface area contributed by atoms with Crippen molar-refractivity contribution in [1.82, 2.24) is 24.5 Å². The van der Waals surface area contributed by atoms with Crippen LogP contribution in [-0.2, 0) is 23.0 Å². The molecule has 5 rings (SSSR count). The summed E-state index contributed by atoms with van der Waals surface area (Å²) in [5.41, 5.74) is 4.41. The largest absolute Gasteiger partial charge is 0.358 e. The van der Waals surface area contributed by atoms with E-state index in [0.29, 0.717) is 11.6 Å². The van der Waals surface area contributed by atoms with Crippen LogP contribution in [0.15, 0.2) is 84.4 Å². The Labute approximate surface area is 190 Å². The van der Waals surface area contributed by atoms with Crippen LogP contribution in [0, 0.1) is 0 Å². The van der Waals surface area contributed by atoms with Crippen molar-refractivity contribution in [3.05, 3.63) is 85.2 Å². The molecule has 0 aliphatic heterocycles. The number of hydrogen-bond acceptors (Lipinski definition) is 6. The summed E-state index contributed by atoms with van der Waals surface area (Å²) >= 11 is 0. The van der Waals surface area contributed by atoms with Crippen LogP contribution in [0.4, 0.5) is 11.6 Å². The van der Waals surface area contributed by atoms with Gasteiger partial charge in [0.25, 0.3) is 0 Å². The average molecular weight is 460 g/mol. The van der Waals surface area contributed by atoms with E-state index in [9.17, 15) is 8.42 Å². The van der Waals surface area contributed by atoms with Crippen molar-refractivity contribution < 1.29 is 8.42 Å². The Bertz CT molecular complexity index is 1530. The molecule has 0 unspecified atom stereocenters. The van der Waals surface area contributed by atoms with Crippen LogP contribution in [0.2, 0.25) is 0 Å². The van der Waals surface area contributed by atoms with Crippen LogP contribution in [0.3, 0.4) is 0 Å². The standard InChI is InChI=1S/C23H21N7O2S/c24-33(31,32)18-4-1-3-16(13-18)28-23-26-9-7-22(29-23)19-5-2-6-21-20(19)14-17(27-21)8-11-30-12-10-25-15-30/h1-7,9-10,12-15,27H,8,11H2,(H2,24,31,32)(H,26,28,29). The minimum Gasteiger partial charge on any atom is -0.358 e. The first-order chi connectivity index (χ1) is 16.0. The lowest BCUT2D eigenvalue weighted by atomic mass is 10.1. The Hall–Kier alpha value is -4.02. The summed E-state index contributed by atoms with van der Waals surface area (Å²) in [6.07, 6.45) is 8.04. The van der Waals surface area contributed by atoms with Crippen LogP contribution >= 0.6 is 0 Å². The van der Waals surface area contributed by atoms with Gasteiger partial charge in [0.2, 0.25) is 16.0 Å². The topological polar surface area (TPSA) is 132 Å². The number of H-pyrrole nitrogens is 1. The maximum Gasteiger partial charge on any atom is 0.238 e. The van der Waals surface area contributed by atoms with E-state index in [2.05, 4.69) is 31.3 Å². The first-order valence-electron chi connectivity index (χ1n) is 10.3. The van der Waals surface area contributed by atoms with Crippen LogP contribution < -0.4 is 10.5 Å². The maximum atomic E-state index is 11.6. The molecule has 3 aromatic heterocycles. The number of nitrogens with zero attached hydrogens (tertiary/aromatic N) is 4. The van der Waals surface area contributed by atoms with Gasteiger partial charge in [-0.3, -0.25) is 0 Å². The highest BCUT2D eigenvalue weighted by Crippen LogP contribution is 2.29. The third-order valence-electron chi connectivity index (χ3n) is 5.27. The van der Waals surface area contributed by atoms with E-state index in [0.717, 1.165) is 40.8 Å². The number of benzene rings is 2. The summed E-state index contributed by atoms with van der Waals surface area (Å²) in [7, 11) is -3.80. The molecule has 3 heterocycles. The molecule has 0 fully saturated rings. The second-order valence-electron chi connectivity index (χ2n) is 7.58. The Morgan fingerprint density at radius 1 is 1.06 bits per heavy atom. The lowest BCUT2D eigenvalue weighted by Crippen LogP contribution is -2.12. The molecule has 33 heavy (non-hydrogen) atoms. The minimum absolute atomic E-state index is 0.0176. The van der Waals surface area contributed by atoms with Crippen LogP contribution in [0.25, 0.3) is 22.2 Å². The summed E-state index contributed by atoms with van der Waals surface area (Å²) in [6, 6.07) is 16.3.